The number of pyridine rings is 1. The van der Waals surface area contributed by atoms with Gasteiger partial charge in [-0.3, -0.25) is 4.98 Å². The second-order valence-corrected chi connectivity index (χ2v) is 9.49. The average Bonchev–Trinajstić information content (AvgIpc) is 3.08. The molecular formula is C22H25N7O. The highest BCUT2D eigenvalue weighted by Gasteiger charge is 2.39. The van der Waals surface area contributed by atoms with Crippen molar-refractivity contribution < 1.29 is 5.11 Å². The first-order chi connectivity index (χ1) is 14.2. The van der Waals surface area contributed by atoms with Crippen LogP contribution in [0.5, 0.6) is 5.75 Å². The van der Waals surface area contributed by atoms with Gasteiger partial charge in [-0.2, -0.15) is 0 Å². The van der Waals surface area contributed by atoms with E-state index in [0.29, 0.717) is 22.4 Å². The fourth-order valence-corrected chi connectivity index (χ4v) is 4.88. The molecule has 0 saturated carbocycles. The number of piperidine rings is 1. The van der Waals surface area contributed by atoms with Gasteiger partial charge in [0.25, 0.3) is 0 Å². The minimum absolute atomic E-state index is 0.0109. The van der Waals surface area contributed by atoms with Gasteiger partial charge in [-0.1, -0.05) is 11.3 Å². The van der Waals surface area contributed by atoms with E-state index in [1.807, 2.05) is 28.9 Å². The van der Waals surface area contributed by atoms with Gasteiger partial charge < -0.3 is 10.4 Å². The predicted octanol–water partition coefficient (Wildman–Crippen LogP) is 3.62. The molecule has 1 saturated heterocycles. The number of nitrogens with zero attached hydrogens (tertiary/aromatic N) is 6. The molecule has 0 amide bonds. The van der Waals surface area contributed by atoms with E-state index in [1.54, 1.807) is 12.3 Å². The van der Waals surface area contributed by atoms with Crippen molar-refractivity contribution >= 4 is 22.1 Å². The van der Waals surface area contributed by atoms with Crippen LogP contribution in [0.1, 0.15) is 46.6 Å². The first-order valence-corrected chi connectivity index (χ1v) is 10.2. The molecule has 8 heteroatoms. The Bertz CT molecular complexity index is 1250. The molecule has 1 aliphatic heterocycles. The van der Waals surface area contributed by atoms with Gasteiger partial charge in [0.15, 0.2) is 0 Å². The van der Waals surface area contributed by atoms with Crippen LogP contribution < -0.4 is 5.32 Å². The van der Waals surface area contributed by atoms with Crippen LogP contribution in [0.2, 0.25) is 0 Å². The third-order valence-corrected chi connectivity index (χ3v) is 5.73. The van der Waals surface area contributed by atoms with E-state index in [9.17, 15) is 5.11 Å². The standard InChI is InChI=1S/C22H25N7O/c1-21(2)11-14(12-22(3,4)27-21)29-20-18(25-28-29)9-17(24-26-20)15-8-13-6-5-7-23-16(13)10-19(15)30/h5-10,14,27,30H,11-12H2,1-4H3. The normalized spacial score (nSPS) is 18.8. The zero-order valence-corrected chi connectivity index (χ0v) is 17.6. The summed E-state index contributed by atoms with van der Waals surface area (Å²) < 4.78 is 1.90. The third-order valence-electron chi connectivity index (χ3n) is 5.73. The summed E-state index contributed by atoms with van der Waals surface area (Å²) in [5, 5.41) is 32.8. The molecule has 2 N–H and O–H groups in total. The molecule has 5 rings (SSSR count). The molecule has 1 aliphatic rings. The molecular weight excluding hydrogens is 378 g/mol. The van der Waals surface area contributed by atoms with Crippen LogP contribution in [0.15, 0.2) is 36.5 Å². The maximum atomic E-state index is 10.5. The Kier molecular flexibility index (Phi) is 4.05. The van der Waals surface area contributed by atoms with Crippen molar-refractivity contribution in [2.24, 2.45) is 0 Å². The molecule has 0 atom stereocenters. The van der Waals surface area contributed by atoms with Crippen LogP contribution in [0.25, 0.3) is 33.3 Å². The molecule has 8 nitrogen and oxygen atoms in total. The van der Waals surface area contributed by atoms with Crippen molar-refractivity contribution in [1.82, 2.24) is 35.5 Å². The molecule has 30 heavy (non-hydrogen) atoms. The number of hydrogen-bond donors (Lipinski definition) is 2. The molecule has 0 aliphatic carbocycles. The van der Waals surface area contributed by atoms with Crippen LogP contribution in [0.3, 0.4) is 0 Å². The fraction of sp³-hybridized carbons (Fsp3) is 0.409. The quantitative estimate of drug-likeness (QED) is 0.527. The summed E-state index contributed by atoms with van der Waals surface area (Å²) in [5.74, 6) is 0.115. The summed E-state index contributed by atoms with van der Waals surface area (Å²) in [7, 11) is 0. The number of nitrogens with one attached hydrogen (secondary N) is 1. The molecule has 0 unspecified atom stereocenters. The molecule has 0 spiro atoms. The van der Waals surface area contributed by atoms with Crippen LogP contribution >= 0.6 is 0 Å². The van der Waals surface area contributed by atoms with Crippen molar-refractivity contribution in [1.29, 1.82) is 0 Å². The molecule has 1 aromatic carbocycles. The number of aromatic hydroxyl groups is 1. The Labute approximate surface area is 174 Å². The average molecular weight is 403 g/mol. The van der Waals surface area contributed by atoms with Crippen molar-refractivity contribution in [3.05, 3.63) is 36.5 Å². The summed E-state index contributed by atoms with van der Waals surface area (Å²) in [6, 6.07) is 9.35. The van der Waals surface area contributed by atoms with E-state index in [0.717, 1.165) is 23.7 Å². The summed E-state index contributed by atoms with van der Waals surface area (Å²) in [5.41, 5.74) is 3.20. The Morgan fingerprint density at radius 3 is 2.53 bits per heavy atom. The lowest BCUT2D eigenvalue weighted by atomic mass is 9.80. The highest BCUT2D eigenvalue weighted by Crippen LogP contribution is 2.37. The van der Waals surface area contributed by atoms with E-state index in [2.05, 4.69) is 58.5 Å². The highest BCUT2D eigenvalue weighted by molar-refractivity contribution is 5.88. The Morgan fingerprint density at radius 1 is 1.00 bits per heavy atom. The molecule has 3 aromatic heterocycles. The second-order valence-electron chi connectivity index (χ2n) is 9.49. The van der Waals surface area contributed by atoms with E-state index in [4.69, 9.17) is 0 Å². The number of benzene rings is 1. The summed E-state index contributed by atoms with van der Waals surface area (Å²) in [4.78, 5) is 4.28. The van der Waals surface area contributed by atoms with Gasteiger partial charge in [0, 0.05) is 34.3 Å². The summed E-state index contributed by atoms with van der Waals surface area (Å²) in [6.45, 7) is 8.84. The van der Waals surface area contributed by atoms with Gasteiger partial charge in [-0.25, -0.2) is 4.68 Å². The fourth-order valence-electron chi connectivity index (χ4n) is 4.88. The number of aromatic nitrogens is 6. The molecule has 0 bridgehead atoms. The molecule has 4 aromatic rings. The van der Waals surface area contributed by atoms with E-state index in [1.165, 1.54) is 0 Å². The predicted molar refractivity (Wildman–Crippen MR) is 115 cm³/mol. The van der Waals surface area contributed by atoms with E-state index >= 15 is 0 Å². The lowest BCUT2D eigenvalue weighted by Gasteiger charge is -2.46. The van der Waals surface area contributed by atoms with Crippen molar-refractivity contribution in [3.8, 4) is 17.0 Å². The van der Waals surface area contributed by atoms with Crippen molar-refractivity contribution in [2.45, 2.75) is 57.7 Å². The first-order valence-electron chi connectivity index (χ1n) is 10.2. The Morgan fingerprint density at radius 2 is 1.77 bits per heavy atom. The highest BCUT2D eigenvalue weighted by atomic mass is 16.3. The van der Waals surface area contributed by atoms with Crippen molar-refractivity contribution in [3.63, 3.8) is 0 Å². The second kappa shape index (κ2) is 6.43. The van der Waals surface area contributed by atoms with Gasteiger partial charge in [0.2, 0.25) is 5.65 Å². The maximum Gasteiger partial charge on any atom is 0.201 e. The SMILES string of the molecule is CC1(C)CC(n2nnc3cc(-c4cc5cccnc5cc4O)nnc32)CC(C)(C)N1. The monoisotopic (exact) mass is 403 g/mol. The van der Waals surface area contributed by atoms with Crippen LogP contribution in [-0.4, -0.2) is 46.4 Å². The first kappa shape index (κ1) is 18.9. The van der Waals surface area contributed by atoms with Gasteiger partial charge in [-0.05, 0) is 58.7 Å². The third kappa shape index (κ3) is 3.27. The molecule has 1 fully saturated rings. The van der Waals surface area contributed by atoms with Gasteiger partial charge in [0.1, 0.15) is 11.3 Å². The van der Waals surface area contributed by atoms with Gasteiger partial charge >= 0.3 is 0 Å². The minimum Gasteiger partial charge on any atom is -0.507 e. The maximum absolute atomic E-state index is 10.5. The number of phenolic OH excluding ortho intramolecular Hbond substituents is 1. The van der Waals surface area contributed by atoms with E-state index in [-0.39, 0.29) is 22.9 Å². The van der Waals surface area contributed by atoms with Gasteiger partial charge in [0.05, 0.1) is 17.3 Å². The number of hydrogen-bond acceptors (Lipinski definition) is 7. The summed E-state index contributed by atoms with van der Waals surface area (Å²) in [6.07, 6.45) is 3.56. The zero-order chi connectivity index (χ0) is 21.1. The smallest absolute Gasteiger partial charge is 0.201 e. The van der Waals surface area contributed by atoms with Crippen LogP contribution in [0.4, 0.5) is 0 Å². The minimum atomic E-state index is -0.0109. The van der Waals surface area contributed by atoms with Crippen LogP contribution in [-0.2, 0) is 0 Å². The van der Waals surface area contributed by atoms with Crippen molar-refractivity contribution in [2.75, 3.05) is 0 Å². The van der Waals surface area contributed by atoms with Gasteiger partial charge in [-0.15, -0.1) is 15.3 Å². The molecule has 0 radical (unpaired) electrons. The molecule has 4 heterocycles. The largest absolute Gasteiger partial charge is 0.507 e. The lowest BCUT2D eigenvalue weighted by molar-refractivity contribution is 0.127. The molecule has 154 valence electrons. The lowest BCUT2D eigenvalue weighted by Crippen LogP contribution is -2.58. The van der Waals surface area contributed by atoms with Crippen LogP contribution in [0, 0.1) is 0 Å². The topological polar surface area (TPSA) is 102 Å². The number of fused-ring (bicyclic) bond motifs is 2. The zero-order valence-electron chi connectivity index (χ0n) is 17.6. The number of phenols is 1. The Hall–Kier alpha value is -3.13. The Balaban J connectivity index is 1.56. The summed E-state index contributed by atoms with van der Waals surface area (Å²) >= 11 is 0. The van der Waals surface area contributed by atoms with E-state index < -0.39 is 0 Å². The number of rotatable bonds is 2.